The summed E-state index contributed by atoms with van der Waals surface area (Å²) in [5.41, 5.74) is 3.60. The van der Waals surface area contributed by atoms with E-state index in [2.05, 4.69) is 30.6 Å². The van der Waals surface area contributed by atoms with Crippen LogP contribution >= 0.6 is 0 Å². The maximum Gasteiger partial charge on any atom is 0.252 e. The number of hydrogen-bond donors (Lipinski definition) is 1. The van der Waals surface area contributed by atoms with Gasteiger partial charge in [0.1, 0.15) is 17.2 Å². The summed E-state index contributed by atoms with van der Waals surface area (Å²) in [6.45, 7) is 2.47. The smallest absolute Gasteiger partial charge is 0.252 e. The SMILES string of the molecule is COc1nc(N[C@@H]2CCN(C3COC3)C[C@H]2F)nn2ccc(-c3ccc4nnn(C5CC(F)(F)C5)c4c3)c12. The first-order chi connectivity index (χ1) is 18.4. The number of nitrogens with one attached hydrogen (secondary N) is 1. The van der Waals surface area contributed by atoms with Crippen LogP contribution in [0.2, 0.25) is 0 Å². The van der Waals surface area contributed by atoms with Crippen molar-refractivity contribution in [3.63, 3.8) is 0 Å². The predicted octanol–water partition coefficient (Wildman–Crippen LogP) is 3.34. The highest BCUT2D eigenvalue weighted by Gasteiger charge is 2.47. The van der Waals surface area contributed by atoms with E-state index in [-0.39, 0.29) is 24.8 Å². The number of ether oxygens (including phenoxy) is 2. The summed E-state index contributed by atoms with van der Waals surface area (Å²) in [7, 11) is 1.53. The van der Waals surface area contributed by atoms with Gasteiger partial charge in [0, 0.05) is 37.7 Å². The van der Waals surface area contributed by atoms with Gasteiger partial charge in [-0.25, -0.2) is 22.4 Å². The minimum Gasteiger partial charge on any atom is -0.479 e. The molecule has 38 heavy (non-hydrogen) atoms. The van der Waals surface area contributed by atoms with Gasteiger partial charge in [0.15, 0.2) is 0 Å². The first-order valence-corrected chi connectivity index (χ1v) is 12.8. The van der Waals surface area contributed by atoms with Crippen molar-refractivity contribution in [3.05, 3.63) is 30.5 Å². The van der Waals surface area contributed by atoms with E-state index in [1.54, 1.807) is 15.4 Å². The molecule has 5 heterocycles. The van der Waals surface area contributed by atoms with E-state index < -0.39 is 18.1 Å². The summed E-state index contributed by atoms with van der Waals surface area (Å²) < 4.78 is 56.1. The maximum absolute atomic E-state index is 15.0. The van der Waals surface area contributed by atoms with Crippen molar-refractivity contribution in [2.45, 2.75) is 49.5 Å². The lowest BCUT2D eigenvalue weighted by Gasteiger charge is -2.42. The van der Waals surface area contributed by atoms with Gasteiger partial charge in [-0.3, -0.25) is 4.90 Å². The minimum absolute atomic E-state index is 0.240. The standard InChI is InChI=1S/C25H27F3N8O2/c1-37-23-22-17(14-2-3-20-21(8-14)36(33-31-20)15-9-25(27,28)10-15)4-7-35(22)32-24(30-23)29-19-5-6-34(11-18(19)26)16-12-38-13-16/h2-4,7-8,15-16,18-19H,5-6,9-13H2,1H3,(H,29,32)/t18-,19-/m1/s1. The van der Waals surface area contributed by atoms with Crippen LogP contribution < -0.4 is 10.1 Å². The van der Waals surface area contributed by atoms with E-state index in [0.29, 0.717) is 54.7 Å². The second-order valence-electron chi connectivity index (χ2n) is 10.4. The Kier molecular flexibility index (Phi) is 5.48. The summed E-state index contributed by atoms with van der Waals surface area (Å²) in [5, 5.41) is 16.0. The molecular weight excluding hydrogens is 501 g/mol. The molecule has 3 aromatic heterocycles. The molecule has 0 unspecified atom stereocenters. The predicted molar refractivity (Wildman–Crippen MR) is 132 cm³/mol. The van der Waals surface area contributed by atoms with Gasteiger partial charge in [0.2, 0.25) is 11.8 Å². The van der Waals surface area contributed by atoms with Crippen molar-refractivity contribution in [1.82, 2.24) is 34.5 Å². The number of piperidine rings is 1. The Bertz CT molecular complexity index is 1490. The zero-order chi connectivity index (χ0) is 26.0. The van der Waals surface area contributed by atoms with Crippen molar-refractivity contribution in [3.8, 4) is 17.0 Å². The third-order valence-electron chi connectivity index (χ3n) is 7.89. The number of methoxy groups -OCH3 is 1. The molecule has 1 aliphatic carbocycles. The fraction of sp³-hybridized carbons (Fsp3) is 0.520. The van der Waals surface area contributed by atoms with Crippen LogP contribution in [0, 0.1) is 0 Å². The third-order valence-corrected chi connectivity index (χ3v) is 7.89. The Morgan fingerprint density at radius 3 is 2.71 bits per heavy atom. The number of halogens is 3. The highest BCUT2D eigenvalue weighted by Crippen LogP contribution is 2.46. The topological polar surface area (TPSA) is 94.6 Å². The normalized spacial score (nSPS) is 24.4. The highest BCUT2D eigenvalue weighted by atomic mass is 19.3. The number of nitrogens with zero attached hydrogens (tertiary/aromatic N) is 7. The number of anilines is 1. The monoisotopic (exact) mass is 528 g/mol. The lowest BCUT2D eigenvalue weighted by atomic mass is 9.88. The van der Waals surface area contributed by atoms with Crippen LogP contribution in [-0.4, -0.2) is 92.1 Å². The summed E-state index contributed by atoms with van der Waals surface area (Å²) >= 11 is 0. The van der Waals surface area contributed by atoms with Gasteiger partial charge in [-0.15, -0.1) is 10.2 Å². The Labute approximate surface area is 215 Å². The van der Waals surface area contributed by atoms with E-state index in [9.17, 15) is 13.2 Å². The molecule has 2 saturated heterocycles. The van der Waals surface area contributed by atoms with Gasteiger partial charge in [0.05, 0.1) is 44.0 Å². The van der Waals surface area contributed by atoms with Gasteiger partial charge >= 0.3 is 0 Å². The molecule has 4 aromatic rings. The zero-order valence-corrected chi connectivity index (χ0v) is 20.7. The maximum atomic E-state index is 15.0. The second kappa shape index (κ2) is 8.80. The van der Waals surface area contributed by atoms with Gasteiger partial charge in [-0.1, -0.05) is 11.3 Å². The van der Waals surface area contributed by atoms with Gasteiger partial charge in [0.25, 0.3) is 5.92 Å². The molecule has 0 spiro atoms. The zero-order valence-electron chi connectivity index (χ0n) is 20.7. The molecule has 7 rings (SSSR count). The molecule has 0 bridgehead atoms. The molecule has 1 aromatic carbocycles. The second-order valence-corrected chi connectivity index (χ2v) is 10.4. The van der Waals surface area contributed by atoms with Gasteiger partial charge in [-0.2, -0.15) is 4.98 Å². The lowest BCUT2D eigenvalue weighted by molar-refractivity contribution is -0.106. The average molecular weight is 529 g/mol. The fourth-order valence-corrected chi connectivity index (χ4v) is 5.63. The number of hydrogen-bond acceptors (Lipinski definition) is 8. The largest absolute Gasteiger partial charge is 0.479 e. The molecule has 3 fully saturated rings. The van der Waals surface area contributed by atoms with Crippen LogP contribution in [0.25, 0.3) is 27.7 Å². The van der Waals surface area contributed by atoms with Crippen molar-refractivity contribution in [1.29, 1.82) is 0 Å². The molecule has 0 radical (unpaired) electrons. The molecule has 13 heteroatoms. The first kappa shape index (κ1) is 23.7. The van der Waals surface area contributed by atoms with Crippen LogP contribution in [0.1, 0.15) is 25.3 Å². The quantitative estimate of drug-likeness (QED) is 0.407. The van der Waals surface area contributed by atoms with Crippen molar-refractivity contribution in [2.24, 2.45) is 0 Å². The molecule has 1 N–H and O–H groups in total. The third kappa shape index (κ3) is 3.95. The number of alkyl halides is 3. The molecule has 3 aliphatic rings. The van der Waals surface area contributed by atoms with E-state index in [4.69, 9.17) is 9.47 Å². The van der Waals surface area contributed by atoms with E-state index in [1.165, 1.54) is 7.11 Å². The number of benzene rings is 1. The summed E-state index contributed by atoms with van der Waals surface area (Å²) in [4.78, 5) is 6.69. The van der Waals surface area contributed by atoms with Crippen LogP contribution in [0.15, 0.2) is 30.5 Å². The Morgan fingerprint density at radius 1 is 1.16 bits per heavy atom. The average Bonchev–Trinajstić information content (AvgIpc) is 3.46. The molecular formula is C25H27F3N8O2. The first-order valence-electron chi connectivity index (χ1n) is 12.8. The Morgan fingerprint density at radius 2 is 2.00 bits per heavy atom. The summed E-state index contributed by atoms with van der Waals surface area (Å²) in [5.74, 6) is -2.03. The molecule has 1 saturated carbocycles. The Balaban J connectivity index is 1.17. The van der Waals surface area contributed by atoms with E-state index >= 15 is 0 Å². The molecule has 2 atom stereocenters. The van der Waals surface area contributed by atoms with E-state index in [1.807, 2.05) is 24.3 Å². The molecule has 0 amide bonds. The summed E-state index contributed by atoms with van der Waals surface area (Å²) in [6.07, 6.45) is 0.882. The van der Waals surface area contributed by atoms with E-state index in [0.717, 1.165) is 17.7 Å². The molecule has 10 nitrogen and oxygen atoms in total. The van der Waals surface area contributed by atoms with Crippen molar-refractivity contribution < 1.29 is 22.6 Å². The molecule has 2 aliphatic heterocycles. The fourth-order valence-electron chi connectivity index (χ4n) is 5.63. The number of likely N-dealkylation sites (tertiary alicyclic amines) is 1. The number of rotatable bonds is 6. The van der Waals surface area contributed by atoms with Crippen LogP contribution in [0.4, 0.5) is 19.1 Å². The van der Waals surface area contributed by atoms with Crippen LogP contribution in [0.5, 0.6) is 5.88 Å². The van der Waals surface area contributed by atoms with Crippen LogP contribution in [0.3, 0.4) is 0 Å². The Hall–Kier alpha value is -3.45. The van der Waals surface area contributed by atoms with Crippen molar-refractivity contribution >= 4 is 22.5 Å². The minimum atomic E-state index is -2.65. The van der Waals surface area contributed by atoms with Crippen molar-refractivity contribution in [2.75, 3.05) is 38.7 Å². The number of aromatic nitrogens is 6. The molecule has 200 valence electrons. The lowest BCUT2D eigenvalue weighted by Crippen LogP contribution is -2.57. The summed E-state index contributed by atoms with van der Waals surface area (Å²) in [6, 6.07) is 7.02. The van der Waals surface area contributed by atoms with Gasteiger partial charge < -0.3 is 14.8 Å². The van der Waals surface area contributed by atoms with Crippen LogP contribution in [-0.2, 0) is 4.74 Å². The highest BCUT2D eigenvalue weighted by molar-refractivity contribution is 5.89. The van der Waals surface area contributed by atoms with Gasteiger partial charge in [-0.05, 0) is 30.2 Å². The number of fused-ring (bicyclic) bond motifs is 2.